The van der Waals surface area contributed by atoms with Crippen LogP contribution in [0.3, 0.4) is 0 Å². The summed E-state index contributed by atoms with van der Waals surface area (Å²) in [6.07, 6.45) is 4.13. The van der Waals surface area contributed by atoms with Crippen molar-refractivity contribution < 1.29 is 9.90 Å². The van der Waals surface area contributed by atoms with E-state index in [1.165, 1.54) is 6.33 Å². The number of carboxylic acids is 1. The van der Waals surface area contributed by atoms with Crippen LogP contribution in [0.4, 0.5) is 0 Å². The van der Waals surface area contributed by atoms with Crippen molar-refractivity contribution in [3.8, 4) is 0 Å². The Balaban J connectivity index is 2.39. The Kier molecular flexibility index (Phi) is 3.28. The fourth-order valence-electron chi connectivity index (χ4n) is 1.82. The molecule has 0 aliphatic heterocycles. The van der Waals surface area contributed by atoms with Gasteiger partial charge in [0.25, 0.3) is 0 Å². The average Bonchev–Trinajstić information content (AvgIpc) is 2.70. The van der Waals surface area contributed by atoms with Crippen LogP contribution in [0.25, 0.3) is 11.0 Å². The van der Waals surface area contributed by atoms with E-state index in [4.69, 9.17) is 16.7 Å². The van der Waals surface area contributed by atoms with Crippen LogP contribution in [0.5, 0.6) is 0 Å². The monoisotopic (exact) mass is 253 g/mol. The summed E-state index contributed by atoms with van der Waals surface area (Å²) in [6.45, 7) is 1.85. The second kappa shape index (κ2) is 4.71. The summed E-state index contributed by atoms with van der Waals surface area (Å²) in [6, 6.07) is 0. The van der Waals surface area contributed by atoms with Crippen molar-refractivity contribution in [1.29, 1.82) is 0 Å². The van der Waals surface area contributed by atoms with Crippen LogP contribution >= 0.6 is 11.6 Å². The van der Waals surface area contributed by atoms with Gasteiger partial charge in [0.2, 0.25) is 0 Å². The molecule has 1 unspecified atom stereocenters. The highest BCUT2D eigenvalue weighted by molar-refractivity contribution is 6.34. The largest absolute Gasteiger partial charge is 0.481 e. The number of aromatic amines is 1. The number of H-pyrrole nitrogens is 1. The van der Waals surface area contributed by atoms with Gasteiger partial charge in [-0.1, -0.05) is 18.5 Å². The molecule has 5 nitrogen and oxygen atoms in total. The Morgan fingerprint density at radius 3 is 3.00 bits per heavy atom. The van der Waals surface area contributed by atoms with Crippen LogP contribution in [0.2, 0.25) is 5.15 Å². The number of nitrogens with zero attached hydrogens (tertiary/aromatic N) is 2. The number of fused-ring (bicyclic) bond motifs is 1. The van der Waals surface area contributed by atoms with E-state index in [1.807, 2.05) is 6.92 Å². The third-order valence-corrected chi connectivity index (χ3v) is 3.10. The van der Waals surface area contributed by atoms with Gasteiger partial charge >= 0.3 is 5.97 Å². The normalized spacial score (nSPS) is 12.8. The summed E-state index contributed by atoms with van der Waals surface area (Å²) in [5, 5.41) is 10.1. The maximum Gasteiger partial charge on any atom is 0.306 e. The van der Waals surface area contributed by atoms with Crippen molar-refractivity contribution in [1.82, 2.24) is 15.0 Å². The lowest BCUT2D eigenvalue weighted by Gasteiger charge is -2.08. The quantitative estimate of drug-likeness (QED) is 0.820. The van der Waals surface area contributed by atoms with Crippen molar-refractivity contribution in [3.63, 3.8) is 0 Å². The minimum absolute atomic E-state index is 0.353. The molecule has 17 heavy (non-hydrogen) atoms. The number of hydrogen-bond acceptors (Lipinski definition) is 3. The second-order valence-electron chi connectivity index (χ2n) is 3.85. The highest BCUT2D eigenvalue weighted by Gasteiger charge is 2.19. The molecule has 0 aliphatic rings. The first-order valence-electron chi connectivity index (χ1n) is 5.32. The summed E-state index contributed by atoms with van der Waals surface area (Å²) >= 11 is 5.99. The zero-order valence-corrected chi connectivity index (χ0v) is 10.0. The first kappa shape index (κ1) is 11.9. The number of carboxylic acid groups (broad SMARTS) is 1. The summed E-state index contributed by atoms with van der Waals surface area (Å²) < 4.78 is 0. The SMILES string of the molecule is CCC(Cc1c[nH]c2ncnc(Cl)c12)C(=O)O. The van der Waals surface area contributed by atoms with Gasteiger partial charge in [0, 0.05) is 6.20 Å². The fraction of sp³-hybridized carbons (Fsp3) is 0.364. The number of aromatic nitrogens is 3. The average molecular weight is 254 g/mol. The predicted octanol–water partition coefficient (Wildman–Crippen LogP) is 2.26. The Hall–Kier alpha value is -1.62. The standard InChI is InChI=1S/C11H12ClN3O2/c1-2-6(11(16)17)3-7-4-13-10-8(7)9(12)14-5-15-10/h4-6H,2-3H2,1H3,(H,16,17)(H,13,14,15). The van der Waals surface area contributed by atoms with Crippen LogP contribution in [-0.2, 0) is 11.2 Å². The molecule has 2 heterocycles. The van der Waals surface area contributed by atoms with Crippen LogP contribution < -0.4 is 0 Å². The lowest BCUT2D eigenvalue weighted by Crippen LogP contribution is -2.15. The highest BCUT2D eigenvalue weighted by atomic mass is 35.5. The van der Waals surface area contributed by atoms with Crippen LogP contribution in [-0.4, -0.2) is 26.0 Å². The first-order chi connectivity index (χ1) is 8.13. The maximum absolute atomic E-state index is 11.0. The zero-order chi connectivity index (χ0) is 12.4. The third-order valence-electron chi connectivity index (χ3n) is 2.81. The van der Waals surface area contributed by atoms with E-state index >= 15 is 0 Å². The molecule has 0 saturated heterocycles. The Labute approximate surface area is 103 Å². The molecule has 0 bridgehead atoms. The van der Waals surface area contributed by atoms with Gasteiger partial charge in [-0.3, -0.25) is 4.79 Å². The van der Waals surface area contributed by atoms with Crippen molar-refractivity contribution in [2.75, 3.05) is 0 Å². The van der Waals surface area contributed by atoms with E-state index in [2.05, 4.69) is 15.0 Å². The third kappa shape index (κ3) is 2.24. The molecule has 0 aliphatic carbocycles. The zero-order valence-electron chi connectivity index (χ0n) is 9.27. The second-order valence-corrected chi connectivity index (χ2v) is 4.21. The summed E-state index contributed by atoms with van der Waals surface area (Å²) in [7, 11) is 0. The van der Waals surface area contributed by atoms with Crippen LogP contribution in [0.15, 0.2) is 12.5 Å². The van der Waals surface area contributed by atoms with Gasteiger partial charge in [0.15, 0.2) is 0 Å². The molecule has 0 fully saturated rings. The Bertz CT molecular complexity index is 553. The highest BCUT2D eigenvalue weighted by Crippen LogP contribution is 2.25. The molecular weight excluding hydrogens is 242 g/mol. The van der Waals surface area contributed by atoms with Crippen LogP contribution in [0, 0.1) is 5.92 Å². The molecule has 90 valence electrons. The maximum atomic E-state index is 11.0. The predicted molar refractivity (Wildman–Crippen MR) is 64.0 cm³/mol. The van der Waals surface area contributed by atoms with Gasteiger partial charge in [-0.25, -0.2) is 9.97 Å². The Morgan fingerprint density at radius 2 is 2.35 bits per heavy atom. The minimum Gasteiger partial charge on any atom is -0.481 e. The van der Waals surface area contributed by atoms with Crippen molar-refractivity contribution in [3.05, 3.63) is 23.2 Å². The molecule has 6 heteroatoms. The molecule has 0 aromatic carbocycles. The molecule has 2 rings (SSSR count). The van der Waals surface area contributed by atoms with Gasteiger partial charge in [-0.2, -0.15) is 0 Å². The molecule has 0 spiro atoms. The summed E-state index contributed by atoms with van der Waals surface area (Å²) in [5.74, 6) is -1.21. The first-order valence-corrected chi connectivity index (χ1v) is 5.70. The van der Waals surface area contributed by atoms with Gasteiger partial charge in [0.05, 0.1) is 11.3 Å². The number of hydrogen-bond donors (Lipinski definition) is 2. The number of halogens is 1. The number of carbonyl (C=O) groups is 1. The molecule has 2 aromatic rings. The molecule has 1 atom stereocenters. The van der Waals surface area contributed by atoms with Gasteiger partial charge in [0.1, 0.15) is 17.1 Å². The topological polar surface area (TPSA) is 78.9 Å². The summed E-state index contributed by atoms with van der Waals surface area (Å²) in [5.41, 5.74) is 1.49. The number of aliphatic carboxylic acids is 1. The molecule has 0 amide bonds. The Morgan fingerprint density at radius 1 is 1.59 bits per heavy atom. The van der Waals surface area contributed by atoms with Crippen molar-refractivity contribution >= 4 is 28.6 Å². The fourth-order valence-corrected chi connectivity index (χ4v) is 2.07. The molecular formula is C11H12ClN3O2. The van der Waals surface area contributed by atoms with E-state index in [0.717, 1.165) is 5.56 Å². The van der Waals surface area contributed by atoms with E-state index < -0.39 is 11.9 Å². The lowest BCUT2D eigenvalue weighted by molar-refractivity contribution is -0.141. The van der Waals surface area contributed by atoms with E-state index in [-0.39, 0.29) is 0 Å². The van der Waals surface area contributed by atoms with Gasteiger partial charge < -0.3 is 10.1 Å². The summed E-state index contributed by atoms with van der Waals surface area (Å²) in [4.78, 5) is 21.9. The van der Waals surface area contributed by atoms with E-state index in [9.17, 15) is 4.79 Å². The smallest absolute Gasteiger partial charge is 0.306 e. The van der Waals surface area contributed by atoms with E-state index in [0.29, 0.717) is 29.0 Å². The van der Waals surface area contributed by atoms with Crippen molar-refractivity contribution in [2.24, 2.45) is 5.92 Å². The van der Waals surface area contributed by atoms with Gasteiger partial charge in [-0.15, -0.1) is 0 Å². The molecule has 0 saturated carbocycles. The van der Waals surface area contributed by atoms with E-state index in [1.54, 1.807) is 6.20 Å². The molecule has 0 radical (unpaired) electrons. The minimum atomic E-state index is -0.796. The number of nitrogens with one attached hydrogen (secondary N) is 1. The van der Waals surface area contributed by atoms with Gasteiger partial charge in [-0.05, 0) is 18.4 Å². The van der Waals surface area contributed by atoms with Crippen molar-refractivity contribution in [2.45, 2.75) is 19.8 Å². The van der Waals surface area contributed by atoms with Crippen LogP contribution in [0.1, 0.15) is 18.9 Å². The molecule has 2 aromatic heterocycles. The lowest BCUT2D eigenvalue weighted by atomic mass is 9.97. The molecule has 2 N–H and O–H groups in total. The number of rotatable bonds is 4.